The van der Waals surface area contributed by atoms with Gasteiger partial charge < -0.3 is 4.42 Å². The summed E-state index contributed by atoms with van der Waals surface area (Å²) in [6.07, 6.45) is 0. The fourth-order valence-electron chi connectivity index (χ4n) is 2.05. The van der Waals surface area contributed by atoms with E-state index < -0.39 is 0 Å². The number of fused-ring (bicyclic) bond motifs is 1. The van der Waals surface area contributed by atoms with Gasteiger partial charge in [0.15, 0.2) is 5.76 Å². The quantitative estimate of drug-likeness (QED) is 0.640. The number of furan rings is 1. The molecular formula is C16H11BrO2. The first kappa shape index (κ1) is 12.2. The Hall–Kier alpha value is -1.87. The lowest BCUT2D eigenvalue weighted by atomic mass is 10.1. The van der Waals surface area contributed by atoms with Crippen molar-refractivity contribution >= 4 is 32.7 Å². The van der Waals surface area contributed by atoms with Gasteiger partial charge in [-0.2, -0.15) is 0 Å². The van der Waals surface area contributed by atoms with Crippen LogP contribution in [0.1, 0.15) is 21.7 Å². The summed E-state index contributed by atoms with van der Waals surface area (Å²) < 4.78 is 6.49. The summed E-state index contributed by atoms with van der Waals surface area (Å²) in [4.78, 5) is 12.3. The zero-order valence-corrected chi connectivity index (χ0v) is 11.9. The molecule has 2 aromatic carbocycles. The number of ketones is 1. The molecule has 3 rings (SSSR count). The van der Waals surface area contributed by atoms with Crippen LogP contribution >= 0.6 is 15.9 Å². The van der Waals surface area contributed by atoms with Gasteiger partial charge in [-0.05, 0) is 37.3 Å². The monoisotopic (exact) mass is 314 g/mol. The van der Waals surface area contributed by atoms with Crippen molar-refractivity contribution in [1.82, 2.24) is 0 Å². The van der Waals surface area contributed by atoms with E-state index in [2.05, 4.69) is 15.9 Å². The third-order valence-corrected chi connectivity index (χ3v) is 3.48. The molecule has 0 saturated heterocycles. The van der Waals surface area contributed by atoms with Crippen LogP contribution in [0.15, 0.2) is 57.4 Å². The van der Waals surface area contributed by atoms with Crippen LogP contribution in [-0.4, -0.2) is 5.78 Å². The molecule has 0 aliphatic rings. The van der Waals surface area contributed by atoms with E-state index in [9.17, 15) is 4.79 Å². The Balaban J connectivity index is 2.06. The molecule has 0 saturated carbocycles. The first-order valence-corrected chi connectivity index (χ1v) is 6.73. The molecule has 1 aromatic heterocycles. The van der Waals surface area contributed by atoms with Crippen LogP contribution in [0, 0.1) is 6.92 Å². The highest BCUT2D eigenvalue weighted by molar-refractivity contribution is 9.10. The van der Waals surface area contributed by atoms with Crippen LogP contribution < -0.4 is 0 Å². The average molecular weight is 315 g/mol. The standard InChI is InChI=1S/C16H11BrO2/c1-10-5-6-14-12(7-10)9-15(19-14)16(18)11-3-2-4-13(17)8-11/h2-9H,1H3. The molecule has 3 aromatic rings. The fourth-order valence-corrected chi connectivity index (χ4v) is 2.45. The number of carbonyl (C=O) groups excluding carboxylic acids is 1. The maximum atomic E-state index is 12.3. The van der Waals surface area contributed by atoms with E-state index >= 15 is 0 Å². The molecule has 0 N–H and O–H groups in total. The number of rotatable bonds is 2. The fraction of sp³-hybridized carbons (Fsp3) is 0.0625. The molecule has 0 aliphatic carbocycles. The van der Waals surface area contributed by atoms with E-state index in [1.165, 1.54) is 0 Å². The van der Waals surface area contributed by atoms with Gasteiger partial charge in [-0.15, -0.1) is 0 Å². The Bertz CT molecular complexity index is 771. The number of hydrogen-bond acceptors (Lipinski definition) is 2. The Kier molecular flexibility index (Phi) is 2.99. The molecule has 19 heavy (non-hydrogen) atoms. The lowest BCUT2D eigenvalue weighted by molar-refractivity contribution is 0.101. The SMILES string of the molecule is Cc1ccc2oc(C(=O)c3cccc(Br)c3)cc2c1. The molecule has 2 nitrogen and oxygen atoms in total. The van der Waals surface area contributed by atoms with Gasteiger partial charge in [-0.25, -0.2) is 0 Å². The van der Waals surface area contributed by atoms with Crippen molar-refractivity contribution in [2.24, 2.45) is 0 Å². The largest absolute Gasteiger partial charge is 0.453 e. The highest BCUT2D eigenvalue weighted by Gasteiger charge is 2.14. The number of benzene rings is 2. The van der Waals surface area contributed by atoms with E-state index in [1.807, 2.05) is 37.3 Å². The topological polar surface area (TPSA) is 30.2 Å². The summed E-state index contributed by atoms with van der Waals surface area (Å²) in [6.45, 7) is 2.02. The summed E-state index contributed by atoms with van der Waals surface area (Å²) in [6, 6.07) is 15.0. The lowest BCUT2D eigenvalue weighted by Crippen LogP contribution is -1.98. The molecule has 0 fully saturated rings. The first-order chi connectivity index (χ1) is 9.13. The lowest BCUT2D eigenvalue weighted by Gasteiger charge is -1.97. The molecule has 1 heterocycles. The maximum Gasteiger partial charge on any atom is 0.228 e. The minimum absolute atomic E-state index is 0.102. The molecule has 0 spiro atoms. The van der Waals surface area contributed by atoms with Crippen molar-refractivity contribution in [3.8, 4) is 0 Å². The van der Waals surface area contributed by atoms with Crippen LogP contribution in [0.3, 0.4) is 0 Å². The molecule has 0 unspecified atom stereocenters. The summed E-state index contributed by atoms with van der Waals surface area (Å²) in [5.41, 5.74) is 2.50. The van der Waals surface area contributed by atoms with Gasteiger partial charge in [0.05, 0.1) is 0 Å². The van der Waals surface area contributed by atoms with Crippen LogP contribution in [0.25, 0.3) is 11.0 Å². The number of hydrogen-bond donors (Lipinski definition) is 0. The van der Waals surface area contributed by atoms with Crippen molar-refractivity contribution in [3.05, 3.63) is 69.9 Å². The third kappa shape index (κ3) is 2.34. The van der Waals surface area contributed by atoms with Crippen molar-refractivity contribution in [3.63, 3.8) is 0 Å². The van der Waals surface area contributed by atoms with Gasteiger partial charge in [0.25, 0.3) is 0 Å². The van der Waals surface area contributed by atoms with Crippen molar-refractivity contribution in [2.45, 2.75) is 6.92 Å². The highest BCUT2D eigenvalue weighted by atomic mass is 79.9. The molecule has 3 heteroatoms. The zero-order chi connectivity index (χ0) is 13.4. The summed E-state index contributed by atoms with van der Waals surface area (Å²) >= 11 is 3.36. The second-order valence-corrected chi connectivity index (χ2v) is 5.41. The Morgan fingerprint density at radius 2 is 1.95 bits per heavy atom. The smallest absolute Gasteiger partial charge is 0.228 e. The van der Waals surface area contributed by atoms with E-state index in [-0.39, 0.29) is 5.78 Å². The van der Waals surface area contributed by atoms with Crippen molar-refractivity contribution in [2.75, 3.05) is 0 Å². The van der Waals surface area contributed by atoms with Gasteiger partial charge in [-0.1, -0.05) is 39.7 Å². The van der Waals surface area contributed by atoms with Gasteiger partial charge in [0.2, 0.25) is 5.78 Å². The minimum Gasteiger partial charge on any atom is -0.453 e. The average Bonchev–Trinajstić information content (AvgIpc) is 2.80. The van der Waals surface area contributed by atoms with Gasteiger partial charge in [0, 0.05) is 15.4 Å². The second-order valence-electron chi connectivity index (χ2n) is 4.49. The predicted octanol–water partition coefficient (Wildman–Crippen LogP) is 4.73. The Morgan fingerprint density at radius 3 is 2.74 bits per heavy atom. The summed E-state index contributed by atoms with van der Waals surface area (Å²) in [5.74, 6) is 0.272. The summed E-state index contributed by atoms with van der Waals surface area (Å²) in [5, 5.41) is 0.957. The Morgan fingerprint density at radius 1 is 1.11 bits per heavy atom. The van der Waals surface area contributed by atoms with Crippen molar-refractivity contribution in [1.29, 1.82) is 0 Å². The van der Waals surface area contributed by atoms with E-state index in [1.54, 1.807) is 18.2 Å². The van der Waals surface area contributed by atoms with Crippen LogP contribution in [0.2, 0.25) is 0 Å². The van der Waals surface area contributed by atoms with Crippen LogP contribution in [0.5, 0.6) is 0 Å². The first-order valence-electron chi connectivity index (χ1n) is 5.94. The van der Waals surface area contributed by atoms with E-state index in [0.29, 0.717) is 11.3 Å². The maximum absolute atomic E-state index is 12.3. The second kappa shape index (κ2) is 4.67. The molecular weight excluding hydrogens is 304 g/mol. The molecule has 0 aliphatic heterocycles. The van der Waals surface area contributed by atoms with E-state index in [0.717, 1.165) is 21.0 Å². The van der Waals surface area contributed by atoms with Gasteiger partial charge in [0.1, 0.15) is 5.58 Å². The molecule has 0 atom stereocenters. The summed E-state index contributed by atoms with van der Waals surface area (Å²) in [7, 11) is 0. The van der Waals surface area contributed by atoms with Crippen LogP contribution in [0.4, 0.5) is 0 Å². The number of aryl methyl sites for hydroxylation is 1. The molecule has 94 valence electrons. The molecule has 0 amide bonds. The minimum atomic E-state index is -0.102. The van der Waals surface area contributed by atoms with Gasteiger partial charge in [-0.3, -0.25) is 4.79 Å². The number of halogens is 1. The van der Waals surface area contributed by atoms with E-state index in [4.69, 9.17) is 4.42 Å². The molecule has 0 bridgehead atoms. The zero-order valence-electron chi connectivity index (χ0n) is 10.3. The van der Waals surface area contributed by atoms with Gasteiger partial charge >= 0.3 is 0 Å². The number of carbonyl (C=O) groups is 1. The molecule has 0 radical (unpaired) electrons. The highest BCUT2D eigenvalue weighted by Crippen LogP contribution is 2.23. The van der Waals surface area contributed by atoms with Crippen LogP contribution in [-0.2, 0) is 0 Å². The third-order valence-electron chi connectivity index (χ3n) is 2.98. The normalized spacial score (nSPS) is 10.8. The van der Waals surface area contributed by atoms with Crippen molar-refractivity contribution < 1.29 is 9.21 Å². The Labute approximate surface area is 119 Å². The predicted molar refractivity (Wildman–Crippen MR) is 78.5 cm³/mol.